The Kier molecular flexibility index (Phi) is 6.80. The number of rotatable bonds is 8. The minimum absolute atomic E-state index is 0.168. The van der Waals surface area contributed by atoms with Gasteiger partial charge < -0.3 is 25.0 Å². The Hall–Kier alpha value is -2.68. The molecule has 1 heterocycles. The van der Waals surface area contributed by atoms with Crippen molar-refractivity contribution in [2.45, 2.75) is 25.2 Å². The lowest BCUT2D eigenvalue weighted by molar-refractivity contribution is 0.0136. The summed E-state index contributed by atoms with van der Waals surface area (Å²) in [5.41, 5.74) is 1.62. The number of methoxy groups -OCH3 is 1. The van der Waals surface area contributed by atoms with Crippen LogP contribution in [-0.2, 0) is 11.3 Å². The molecule has 3 N–H and O–H groups in total. The van der Waals surface area contributed by atoms with Crippen LogP contribution < -0.4 is 10.1 Å². The highest BCUT2D eigenvalue weighted by atomic mass is 32.1. The number of thiazole rings is 1. The number of hydrogen-bond donors (Lipinski definition) is 3. The standard InChI is InChI=1S/C20H22N2O5S/c1-26-14-7-8-15-17(11-14)28-19(22-15)18(24)16(23)9-10-21-20(25)27-12-13-5-3-2-4-6-13/h2-8,11,16,18,23-24H,9-10,12H2,1H3,(H,21,25). The summed E-state index contributed by atoms with van der Waals surface area (Å²) < 4.78 is 11.1. The smallest absolute Gasteiger partial charge is 0.407 e. The normalized spacial score (nSPS) is 13.1. The number of hydrogen-bond acceptors (Lipinski definition) is 7. The number of carbonyl (C=O) groups excluding carboxylic acids is 1. The van der Waals surface area contributed by atoms with E-state index in [0.717, 1.165) is 15.8 Å². The van der Waals surface area contributed by atoms with Crippen molar-refractivity contribution < 1.29 is 24.5 Å². The van der Waals surface area contributed by atoms with E-state index in [9.17, 15) is 15.0 Å². The highest BCUT2D eigenvalue weighted by molar-refractivity contribution is 7.18. The molecular formula is C20H22N2O5S. The zero-order valence-corrected chi connectivity index (χ0v) is 16.2. The molecule has 0 aliphatic carbocycles. The number of aliphatic hydroxyl groups is 2. The van der Waals surface area contributed by atoms with Gasteiger partial charge in [0.25, 0.3) is 0 Å². The highest BCUT2D eigenvalue weighted by Gasteiger charge is 2.22. The molecule has 0 aliphatic rings. The number of carbonyl (C=O) groups is 1. The van der Waals surface area contributed by atoms with Crippen LogP contribution in [0.2, 0.25) is 0 Å². The van der Waals surface area contributed by atoms with Crippen LogP contribution in [0.5, 0.6) is 5.75 Å². The number of nitrogens with one attached hydrogen (secondary N) is 1. The van der Waals surface area contributed by atoms with Crippen LogP contribution in [0, 0.1) is 0 Å². The molecule has 3 rings (SSSR count). The number of aromatic nitrogens is 1. The molecule has 0 aliphatic heterocycles. The molecule has 0 spiro atoms. The van der Waals surface area contributed by atoms with E-state index < -0.39 is 18.3 Å². The zero-order valence-electron chi connectivity index (χ0n) is 15.4. The van der Waals surface area contributed by atoms with Crippen molar-refractivity contribution in [3.8, 4) is 5.75 Å². The molecule has 28 heavy (non-hydrogen) atoms. The molecule has 2 unspecified atom stereocenters. The van der Waals surface area contributed by atoms with Crippen LogP contribution in [0.1, 0.15) is 23.1 Å². The number of nitrogens with zero attached hydrogens (tertiary/aromatic N) is 1. The first-order chi connectivity index (χ1) is 13.6. The van der Waals surface area contributed by atoms with Crippen molar-refractivity contribution >= 4 is 27.6 Å². The molecule has 1 amide bonds. The van der Waals surface area contributed by atoms with Gasteiger partial charge in [0.2, 0.25) is 0 Å². The van der Waals surface area contributed by atoms with Crippen LogP contribution in [0.3, 0.4) is 0 Å². The summed E-state index contributed by atoms with van der Waals surface area (Å²) in [5.74, 6) is 0.705. The Morgan fingerprint density at radius 3 is 2.75 bits per heavy atom. The van der Waals surface area contributed by atoms with E-state index in [2.05, 4.69) is 10.3 Å². The van der Waals surface area contributed by atoms with Gasteiger partial charge >= 0.3 is 6.09 Å². The number of ether oxygens (including phenoxy) is 2. The van der Waals surface area contributed by atoms with Crippen LogP contribution in [0.25, 0.3) is 10.2 Å². The molecule has 148 valence electrons. The zero-order chi connectivity index (χ0) is 19.9. The summed E-state index contributed by atoms with van der Waals surface area (Å²) in [7, 11) is 1.58. The maximum atomic E-state index is 11.7. The third-order valence-corrected chi connectivity index (χ3v) is 5.24. The van der Waals surface area contributed by atoms with Gasteiger partial charge in [-0.3, -0.25) is 0 Å². The van der Waals surface area contributed by atoms with Crippen molar-refractivity contribution in [2.24, 2.45) is 0 Å². The quantitative estimate of drug-likeness (QED) is 0.535. The summed E-state index contributed by atoms with van der Waals surface area (Å²) in [6.45, 7) is 0.345. The number of alkyl carbamates (subject to hydrolysis) is 1. The molecule has 1 aromatic heterocycles. The molecule has 3 aromatic rings. The lowest BCUT2D eigenvalue weighted by Crippen LogP contribution is -2.29. The lowest BCUT2D eigenvalue weighted by Gasteiger charge is -2.15. The molecule has 0 radical (unpaired) electrons. The molecule has 0 saturated carbocycles. The fraction of sp³-hybridized carbons (Fsp3) is 0.300. The molecule has 0 fully saturated rings. The molecule has 2 atom stereocenters. The van der Waals surface area contributed by atoms with Gasteiger partial charge in [-0.05, 0) is 30.2 Å². The van der Waals surface area contributed by atoms with Crippen molar-refractivity contribution in [2.75, 3.05) is 13.7 Å². The van der Waals surface area contributed by atoms with E-state index in [-0.39, 0.29) is 19.6 Å². The minimum Gasteiger partial charge on any atom is -0.497 e. The van der Waals surface area contributed by atoms with E-state index in [0.29, 0.717) is 10.8 Å². The van der Waals surface area contributed by atoms with Gasteiger partial charge in [0.1, 0.15) is 23.5 Å². The van der Waals surface area contributed by atoms with E-state index >= 15 is 0 Å². The van der Waals surface area contributed by atoms with Gasteiger partial charge in [0, 0.05) is 6.54 Å². The molecule has 2 aromatic carbocycles. The van der Waals surface area contributed by atoms with Gasteiger partial charge in [-0.2, -0.15) is 0 Å². The maximum absolute atomic E-state index is 11.7. The number of fused-ring (bicyclic) bond motifs is 1. The topological polar surface area (TPSA) is 101 Å². The summed E-state index contributed by atoms with van der Waals surface area (Å²) in [5, 5.41) is 23.6. The Balaban J connectivity index is 1.46. The van der Waals surface area contributed by atoms with E-state index in [1.807, 2.05) is 36.4 Å². The monoisotopic (exact) mass is 402 g/mol. The van der Waals surface area contributed by atoms with E-state index in [1.165, 1.54) is 11.3 Å². The summed E-state index contributed by atoms with van der Waals surface area (Å²) in [6.07, 6.45) is -2.60. The third-order valence-electron chi connectivity index (χ3n) is 4.15. The average molecular weight is 402 g/mol. The molecule has 7 nitrogen and oxygen atoms in total. The Labute approximate surface area is 166 Å². The number of aliphatic hydroxyl groups excluding tert-OH is 2. The SMILES string of the molecule is COc1ccc2nc(C(O)C(O)CCNC(=O)OCc3ccccc3)sc2c1. The van der Waals surface area contributed by atoms with Gasteiger partial charge in [0.05, 0.1) is 23.4 Å². The number of benzene rings is 2. The first kappa shape index (κ1) is 20.1. The molecule has 0 bridgehead atoms. The average Bonchev–Trinajstić information content (AvgIpc) is 3.15. The second-order valence-corrected chi connectivity index (χ2v) is 7.24. The fourth-order valence-electron chi connectivity index (χ4n) is 2.59. The summed E-state index contributed by atoms with van der Waals surface area (Å²) in [4.78, 5) is 16.1. The Bertz CT molecular complexity index is 915. The first-order valence-corrected chi connectivity index (χ1v) is 9.63. The summed E-state index contributed by atoms with van der Waals surface area (Å²) >= 11 is 1.30. The molecular weight excluding hydrogens is 380 g/mol. The van der Waals surface area contributed by atoms with Crippen molar-refractivity contribution in [1.29, 1.82) is 0 Å². The first-order valence-electron chi connectivity index (χ1n) is 8.82. The van der Waals surface area contributed by atoms with E-state index in [1.54, 1.807) is 19.2 Å². The predicted octanol–water partition coefficient (Wildman–Crippen LogP) is 3.02. The Morgan fingerprint density at radius 2 is 2.00 bits per heavy atom. The lowest BCUT2D eigenvalue weighted by atomic mass is 10.1. The van der Waals surface area contributed by atoms with Gasteiger partial charge in [-0.15, -0.1) is 11.3 Å². The minimum atomic E-state index is -1.13. The van der Waals surface area contributed by atoms with E-state index in [4.69, 9.17) is 9.47 Å². The maximum Gasteiger partial charge on any atom is 0.407 e. The van der Waals surface area contributed by atoms with Crippen molar-refractivity contribution in [1.82, 2.24) is 10.3 Å². The summed E-state index contributed by atoms with van der Waals surface area (Å²) in [6, 6.07) is 14.8. The highest BCUT2D eigenvalue weighted by Crippen LogP contribution is 2.31. The van der Waals surface area contributed by atoms with Crippen LogP contribution in [0.15, 0.2) is 48.5 Å². The van der Waals surface area contributed by atoms with Crippen molar-refractivity contribution in [3.05, 3.63) is 59.1 Å². The van der Waals surface area contributed by atoms with Gasteiger partial charge in [-0.1, -0.05) is 30.3 Å². The predicted molar refractivity (Wildman–Crippen MR) is 106 cm³/mol. The molecule has 0 saturated heterocycles. The van der Waals surface area contributed by atoms with Gasteiger partial charge in [0.15, 0.2) is 0 Å². The van der Waals surface area contributed by atoms with Crippen molar-refractivity contribution in [3.63, 3.8) is 0 Å². The van der Waals surface area contributed by atoms with Crippen LogP contribution >= 0.6 is 11.3 Å². The van der Waals surface area contributed by atoms with Gasteiger partial charge in [-0.25, -0.2) is 9.78 Å². The van der Waals surface area contributed by atoms with Crippen LogP contribution in [-0.4, -0.2) is 41.0 Å². The second kappa shape index (κ2) is 9.50. The van der Waals surface area contributed by atoms with Crippen LogP contribution in [0.4, 0.5) is 4.79 Å². The number of amides is 1. The Morgan fingerprint density at radius 1 is 1.21 bits per heavy atom. The second-order valence-electron chi connectivity index (χ2n) is 6.18. The third kappa shape index (κ3) is 5.19. The fourth-order valence-corrected chi connectivity index (χ4v) is 3.64. The molecule has 8 heteroatoms. The largest absolute Gasteiger partial charge is 0.497 e.